The summed E-state index contributed by atoms with van der Waals surface area (Å²) in [5.41, 5.74) is 10.8. The molecule has 0 bridgehead atoms. The number of aromatic nitrogens is 1. The van der Waals surface area contributed by atoms with Gasteiger partial charge in [-0.25, -0.2) is 4.99 Å². The molecular weight excluding hydrogens is 764 g/mol. The number of thiophene rings is 1. The maximum Gasteiger partial charge on any atom is 0.104 e. The Morgan fingerprint density at radius 1 is 0.462 bits per heavy atom. The van der Waals surface area contributed by atoms with Crippen molar-refractivity contribution in [3.63, 3.8) is 0 Å². The summed E-state index contributed by atoms with van der Waals surface area (Å²) in [7, 11) is 0. The van der Waals surface area contributed by atoms with E-state index in [1.54, 1.807) is 0 Å². The average Bonchev–Trinajstić information content (AvgIpc) is 3.78. The van der Waals surface area contributed by atoms with Crippen LogP contribution in [0.4, 0.5) is 0 Å². The lowest BCUT2D eigenvalue weighted by Gasteiger charge is -2.17. The third-order valence-electron chi connectivity index (χ3n) is 10.3. The summed E-state index contributed by atoms with van der Waals surface area (Å²) < 4.78 is 7.80. The molecule has 0 fully saturated rings. The molecule has 1 aliphatic heterocycles. The standard InChI is InChI=1S/C48H29IN2S/c1-2-12-30(13-3-1)31-22-24-32(25-23-31)45-37-16-6-9-19-40(37)49-48(50-45)33-26-28-34(29-27-33)51-41-20-10-7-17-38(41)43-44-39-18-8-11-21-42(39)52-47(44)36-15-5-4-14-35(36)46(43)51/h1-29H. The monoisotopic (exact) mass is 792 g/mol. The summed E-state index contributed by atoms with van der Waals surface area (Å²) in [6, 6.07) is 64.2. The Morgan fingerprint density at radius 2 is 1.08 bits per heavy atom. The van der Waals surface area contributed by atoms with Gasteiger partial charge < -0.3 is 4.57 Å². The highest BCUT2D eigenvalue weighted by atomic mass is 127. The van der Waals surface area contributed by atoms with Crippen LogP contribution in [0, 0.1) is 3.57 Å². The number of para-hydroxylation sites is 1. The molecule has 0 saturated carbocycles. The first kappa shape index (κ1) is 30.0. The van der Waals surface area contributed by atoms with E-state index in [9.17, 15) is 0 Å². The Bertz CT molecular complexity index is 3090. The first-order valence-electron chi connectivity index (χ1n) is 17.5. The summed E-state index contributed by atoms with van der Waals surface area (Å²) in [5, 5.41) is 7.92. The van der Waals surface area contributed by atoms with Crippen molar-refractivity contribution in [2.45, 2.75) is 0 Å². The maximum atomic E-state index is 5.43. The van der Waals surface area contributed by atoms with Gasteiger partial charge in [0.2, 0.25) is 0 Å². The van der Waals surface area contributed by atoms with E-state index in [2.05, 4.69) is 180 Å². The third kappa shape index (κ3) is 4.61. The van der Waals surface area contributed by atoms with Gasteiger partial charge in [-0.3, -0.25) is 0 Å². The molecule has 0 unspecified atom stereocenters. The number of hydrogen-bond donors (Lipinski definition) is 0. The van der Waals surface area contributed by atoms with E-state index in [1.807, 2.05) is 11.3 Å². The molecule has 8 aromatic carbocycles. The van der Waals surface area contributed by atoms with Crippen LogP contribution in [0.25, 0.3) is 69.6 Å². The second-order valence-electron chi connectivity index (χ2n) is 13.2. The number of rotatable bonds is 4. The fourth-order valence-corrected chi connectivity index (χ4v) is 11.9. The zero-order valence-electron chi connectivity index (χ0n) is 27.9. The van der Waals surface area contributed by atoms with Gasteiger partial charge in [0.1, 0.15) is 3.63 Å². The number of nitrogens with zero attached hydrogens (tertiary/aromatic N) is 2. The van der Waals surface area contributed by atoms with Gasteiger partial charge in [-0.15, -0.1) is 11.3 Å². The smallest absolute Gasteiger partial charge is 0.104 e. The normalized spacial score (nSPS) is 13.0. The van der Waals surface area contributed by atoms with Gasteiger partial charge in [0, 0.05) is 67.7 Å². The van der Waals surface area contributed by atoms with Crippen molar-refractivity contribution in [2.75, 3.05) is 0 Å². The van der Waals surface area contributed by atoms with Crippen LogP contribution < -0.4 is 0 Å². The summed E-state index contributed by atoms with van der Waals surface area (Å²) in [4.78, 5) is 5.43. The Morgan fingerprint density at radius 3 is 1.90 bits per heavy atom. The molecule has 3 heterocycles. The topological polar surface area (TPSA) is 17.3 Å². The zero-order valence-corrected chi connectivity index (χ0v) is 30.9. The summed E-state index contributed by atoms with van der Waals surface area (Å²) in [5.74, 6) is 0. The number of aliphatic imine (C=N–C) groups is 1. The van der Waals surface area contributed by atoms with Crippen molar-refractivity contribution < 1.29 is 0 Å². The summed E-state index contributed by atoms with van der Waals surface area (Å²) in [6.07, 6.45) is 0. The van der Waals surface area contributed by atoms with Crippen molar-refractivity contribution in [3.05, 3.63) is 196 Å². The number of fused-ring (bicyclic) bond motifs is 11. The molecule has 0 aliphatic carbocycles. The highest BCUT2D eigenvalue weighted by Crippen LogP contribution is 2.48. The van der Waals surface area contributed by atoms with E-state index in [-0.39, 0.29) is 0 Å². The Labute approximate surface area is 314 Å². The molecule has 10 aromatic rings. The molecule has 1 aliphatic rings. The van der Waals surface area contributed by atoms with Crippen LogP contribution in [0.1, 0.15) is 16.7 Å². The van der Waals surface area contributed by atoms with Gasteiger partial charge in [-0.05, 0) is 41.5 Å². The van der Waals surface area contributed by atoms with Crippen LogP contribution in [-0.2, 0) is 0 Å². The molecule has 2 aromatic heterocycles. The van der Waals surface area contributed by atoms with Crippen LogP contribution in [0.15, 0.2) is 181 Å². The molecule has 244 valence electrons. The quantitative estimate of drug-likeness (QED) is 0.158. The van der Waals surface area contributed by atoms with Gasteiger partial charge in [0.25, 0.3) is 0 Å². The molecule has 0 N–H and O–H groups in total. The lowest BCUT2D eigenvalue weighted by molar-refractivity contribution is 1.19. The summed E-state index contributed by atoms with van der Waals surface area (Å²) in [6.45, 7) is 0. The highest BCUT2D eigenvalue weighted by molar-refractivity contribution is 14.2. The second kappa shape index (κ2) is 11.9. The largest absolute Gasteiger partial charge is 0.309 e. The predicted octanol–water partition coefficient (Wildman–Crippen LogP) is 13.1. The Balaban J connectivity index is 1.08. The van der Waals surface area contributed by atoms with Crippen LogP contribution >= 0.6 is 32.1 Å². The van der Waals surface area contributed by atoms with E-state index < -0.39 is 20.7 Å². The summed E-state index contributed by atoms with van der Waals surface area (Å²) >= 11 is 1.45. The third-order valence-corrected chi connectivity index (χ3v) is 14.4. The Kier molecular flexibility index (Phi) is 6.89. The molecule has 0 radical (unpaired) electrons. The molecule has 11 rings (SSSR count). The minimum absolute atomic E-state index is 0.458. The fourth-order valence-electron chi connectivity index (χ4n) is 7.94. The van der Waals surface area contributed by atoms with Crippen LogP contribution in [0.3, 0.4) is 0 Å². The molecule has 0 atom stereocenters. The zero-order chi connectivity index (χ0) is 34.2. The van der Waals surface area contributed by atoms with Gasteiger partial charge in [-0.2, -0.15) is 0 Å². The number of halogens is 1. The molecule has 4 heteroatoms. The van der Waals surface area contributed by atoms with Gasteiger partial charge in [-0.1, -0.05) is 166 Å². The first-order chi connectivity index (χ1) is 25.8. The van der Waals surface area contributed by atoms with Crippen molar-refractivity contribution in [2.24, 2.45) is 4.99 Å². The van der Waals surface area contributed by atoms with E-state index >= 15 is 0 Å². The molecule has 0 spiro atoms. The van der Waals surface area contributed by atoms with E-state index in [4.69, 9.17) is 4.99 Å². The van der Waals surface area contributed by atoms with Crippen molar-refractivity contribution >= 4 is 94.2 Å². The second-order valence-corrected chi connectivity index (χ2v) is 17.0. The predicted molar refractivity (Wildman–Crippen MR) is 232 cm³/mol. The minimum Gasteiger partial charge on any atom is -0.309 e. The van der Waals surface area contributed by atoms with Crippen molar-refractivity contribution in [3.8, 4) is 16.8 Å². The van der Waals surface area contributed by atoms with Crippen molar-refractivity contribution in [1.82, 2.24) is 4.57 Å². The fraction of sp³-hybridized carbons (Fsp3) is 0. The van der Waals surface area contributed by atoms with Gasteiger partial charge in [0.05, 0.1) is 16.7 Å². The lowest BCUT2D eigenvalue weighted by Crippen LogP contribution is -2.13. The van der Waals surface area contributed by atoms with Gasteiger partial charge in [0.15, 0.2) is 0 Å². The molecular formula is C48H29IN2S. The minimum atomic E-state index is -0.458. The average molecular weight is 793 g/mol. The van der Waals surface area contributed by atoms with Crippen LogP contribution in [0.5, 0.6) is 0 Å². The number of benzene rings is 8. The van der Waals surface area contributed by atoms with E-state index in [1.165, 1.54) is 82.2 Å². The molecule has 0 amide bonds. The number of hydrogen-bond acceptors (Lipinski definition) is 2. The van der Waals surface area contributed by atoms with Crippen LogP contribution in [0.2, 0.25) is 0 Å². The van der Waals surface area contributed by atoms with Crippen molar-refractivity contribution in [1.29, 1.82) is 0 Å². The van der Waals surface area contributed by atoms with E-state index in [0.717, 1.165) is 17.0 Å². The van der Waals surface area contributed by atoms with E-state index in [0.29, 0.717) is 0 Å². The molecule has 0 saturated heterocycles. The van der Waals surface area contributed by atoms with Crippen LogP contribution in [-0.4, -0.2) is 13.9 Å². The highest BCUT2D eigenvalue weighted by Gasteiger charge is 2.22. The lowest BCUT2D eigenvalue weighted by atomic mass is 9.98. The SMILES string of the molecule is c1ccc(-c2ccc(C3=NC(c4ccc(-n5c6ccccc6c6c7c8ccccc8sc7c7ccccc7c65)cc4)=Ic4ccccc43)cc2)cc1. The van der Waals surface area contributed by atoms with Gasteiger partial charge >= 0.3 is 0 Å². The first-order valence-corrected chi connectivity index (χ1v) is 20.5. The Hall–Kier alpha value is -5.69. The maximum absolute atomic E-state index is 5.43. The molecule has 2 nitrogen and oxygen atoms in total. The molecule has 52 heavy (non-hydrogen) atoms.